The van der Waals surface area contributed by atoms with Gasteiger partial charge in [-0.15, -0.1) is 0 Å². The molecule has 68 valence electrons. The van der Waals surface area contributed by atoms with E-state index in [0.29, 0.717) is 6.42 Å². The van der Waals surface area contributed by atoms with Crippen molar-refractivity contribution in [3.63, 3.8) is 0 Å². The van der Waals surface area contributed by atoms with Crippen molar-refractivity contribution in [2.24, 2.45) is 5.92 Å². The summed E-state index contributed by atoms with van der Waals surface area (Å²) < 4.78 is 0.964. The van der Waals surface area contributed by atoms with Gasteiger partial charge in [-0.3, -0.25) is 0 Å². The van der Waals surface area contributed by atoms with Crippen molar-refractivity contribution in [2.45, 2.75) is 13.3 Å². The number of rotatable bonds is 2. The minimum absolute atomic E-state index is 0.0127. The van der Waals surface area contributed by atoms with Crippen molar-refractivity contribution in [1.29, 1.82) is 5.26 Å². The van der Waals surface area contributed by atoms with Crippen LogP contribution in [-0.2, 0) is 6.42 Å². The van der Waals surface area contributed by atoms with Gasteiger partial charge in [0, 0.05) is 15.4 Å². The number of nitrogens with zero attached hydrogens (tertiary/aromatic N) is 1. The number of hydrogen-bond acceptors (Lipinski definition) is 1. The van der Waals surface area contributed by atoms with Crippen molar-refractivity contribution in [1.82, 2.24) is 0 Å². The molecule has 3 heteroatoms. The summed E-state index contributed by atoms with van der Waals surface area (Å²) in [5.41, 5.74) is 1.03. The van der Waals surface area contributed by atoms with Gasteiger partial charge in [-0.2, -0.15) is 5.26 Å². The van der Waals surface area contributed by atoms with Gasteiger partial charge >= 0.3 is 0 Å². The molecule has 0 fully saturated rings. The van der Waals surface area contributed by atoms with Crippen LogP contribution in [0.2, 0.25) is 5.02 Å². The van der Waals surface area contributed by atoms with Gasteiger partial charge in [0.05, 0.1) is 6.07 Å². The molecule has 1 aromatic carbocycles. The Morgan fingerprint density at radius 1 is 1.62 bits per heavy atom. The van der Waals surface area contributed by atoms with E-state index in [1.807, 2.05) is 25.1 Å². The van der Waals surface area contributed by atoms with E-state index >= 15 is 0 Å². The summed E-state index contributed by atoms with van der Waals surface area (Å²) in [7, 11) is 0. The Morgan fingerprint density at radius 2 is 2.31 bits per heavy atom. The molecule has 0 aromatic heterocycles. The average molecular weight is 259 g/mol. The minimum atomic E-state index is 0.0127. The zero-order valence-corrected chi connectivity index (χ0v) is 9.56. The van der Waals surface area contributed by atoms with E-state index in [0.717, 1.165) is 15.1 Å². The molecule has 1 atom stereocenters. The van der Waals surface area contributed by atoms with Crippen molar-refractivity contribution in [3.8, 4) is 6.07 Å². The Hall–Kier alpha value is -0.520. The molecule has 0 aliphatic carbocycles. The third kappa shape index (κ3) is 3.02. The SMILES string of the molecule is CC(C#N)Cc1ccc(Br)cc1Cl. The van der Waals surface area contributed by atoms with E-state index in [4.69, 9.17) is 16.9 Å². The van der Waals surface area contributed by atoms with Gasteiger partial charge < -0.3 is 0 Å². The summed E-state index contributed by atoms with van der Waals surface area (Å²) in [4.78, 5) is 0. The van der Waals surface area contributed by atoms with E-state index in [-0.39, 0.29) is 5.92 Å². The van der Waals surface area contributed by atoms with Gasteiger partial charge in [-0.05, 0) is 31.0 Å². The predicted octanol–water partition coefficient (Wildman–Crippen LogP) is 3.80. The van der Waals surface area contributed by atoms with Crippen LogP contribution < -0.4 is 0 Å². The molecule has 0 radical (unpaired) electrons. The van der Waals surface area contributed by atoms with Crippen molar-refractivity contribution in [3.05, 3.63) is 33.3 Å². The first-order valence-electron chi connectivity index (χ1n) is 3.97. The van der Waals surface area contributed by atoms with Gasteiger partial charge in [-0.1, -0.05) is 33.6 Å². The molecule has 0 bridgehead atoms. The fourth-order valence-electron chi connectivity index (χ4n) is 1.06. The molecule has 0 amide bonds. The Labute approximate surface area is 91.5 Å². The standard InChI is InChI=1S/C10H9BrClN/c1-7(6-13)4-8-2-3-9(11)5-10(8)12/h2-3,5,7H,4H2,1H3. The van der Waals surface area contributed by atoms with Crippen molar-refractivity contribution < 1.29 is 0 Å². The molecule has 13 heavy (non-hydrogen) atoms. The van der Waals surface area contributed by atoms with Crippen LogP contribution in [0.1, 0.15) is 12.5 Å². The van der Waals surface area contributed by atoms with Crippen LogP contribution in [0.4, 0.5) is 0 Å². The molecule has 0 saturated carbocycles. The molecule has 0 saturated heterocycles. The summed E-state index contributed by atoms with van der Waals surface area (Å²) in [6.07, 6.45) is 0.711. The van der Waals surface area contributed by atoms with Crippen LogP contribution in [-0.4, -0.2) is 0 Å². The normalized spacial score (nSPS) is 12.2. The smallest absolute Gasteiger partial charge is 0.0656 e. The highest BCUT2D eigenvalue weighted by molar-refractivity contribution is 9.10. The molecule has 0 N–H and O–H groups in total. The lowest BCUT2D eigenvalue weighted by atomic mass is 10.0. The summed E-state index contributed by atoms with van der Waals surface area (Å²) in [5.74, 6) is 0.0127. The highest BCUT2D eigenvalue weighted by Gasteiger charge is 2.05. The highest BCUT2D eigenvalue weighted by Crippen LogP contribution is 2.23. The van der Waals surface area contributed by atoms with Gasteiger partial charge in [-0.25, -0.2) is 0 Å². The lowest BCUT2D eigenvalue weighted by Crippen LogP contribution is -1.96. The van der Waals surface area contributed by atoms with Crippen molar-refractivity contribution in [2.75, 3.05) is 0 Å². The first-order chi connectivity index (χ1) is 6.13. The predicted molar refractivity (Wildman–Crippen MR) is 57.6 cm³/mol. The maximum Gasteiger partial charge on any atom is 0.0656 e. The minimum Gasteiger partial charge on any atom is -0.198 e. The number of benzene rings is 1. The molecular formula is C10H9BrClN. The zero-order valence-electron chi connectivity index (χ0n) is 7.22. The van der Waals surface area contributed by atoms with Crippen molar-refractivity contribution >= 4 is 27.5 Å². The molecule has 0 aliphatic rings. The summed E-state index contributed by atoms with van der Waals surface area (Å²) >= 11 is 9.32. The number of nitriles is 1. The number of hydrogen-bond donors (Lipinski definition) is 0. The van der Waals surface area contributed by atoms with E-state index in [1.54, 1.807) is 0 Å². The second kappa shape index (κ2) is 4.64. The molecule has 0 spiro atoms. The van der Waals surface area contributed by atoms with Gasteiger partial charge in [0.1, 0.15) is 0 Å². The molecule has 1 rings (SSSR count). The number of halogens is 2. The first-order valence-corrected chi connectivity index (χ1v) is 5.14. The van der Waals surface area contributed by atoms with E-state index in [9.17, 15) is 0 Å². The molecule has 1 unspecified atom stereocenters. The Morgan fingerprint density at radius 3 is 2.85 bits per heavy atom. The summed E-state index contributed by atoms with van der Waals surface area (Å²) in [6, 6.07) is 7.91. The fraction of sp³-hybridized carbons (Fsp3) is 0.300. The molecule has 1 nitrogen and oxygen atoms in total. The lowest BCUT2D eigenvalue weighted by molar-refractivity contribution is 0.739. The van der Waals surface area contributed by atoms with Gasteiger partial charge in [0.2, 0.25) is 0 Å². The fourth-order valence-corrected chi connectivity index (χ4v) is 1.81. The van der Waals surface area contributed by atoms with E-state index in [1.165, 1.54) is 0 Å². The summed E-state index contributed by atoms with van der Waals surface area (Å²) in [5, 5.41) is 9.36. The third-order valence-corrected chi connectivity index (χ3v) is 2.61. The Kier molecular flexibility index (Phi) is 3.77. The Balaban J connectivity index is 2.85. The van der Waals surface area contributed by atoms with Crippen LogP contribution in [0.25, 0.3) is 0 Å². The third-order valence-electron chi connectivity index (χ3n) is 1.76. The van der Waals surface area contributed by atoms with Gasteiger partial charge in [0.15, 0.2) is 0 Å². The molecular weight excluding hydrogens is 249 g/mol. The highest BCUT2D eigenvalue weighted by atomic mass is 79.9. The topological polar surface area (TPSA) is 23.8 Å². The van der Waals surface area contributed by atoms with Crippen LogP contribution in [0.15, 0.2) is 22.7 Å². The second-order valence-electron chi connectivity index (χ2n) is 2.97. The molecule has 0 aliphatic heterocycles. The van der Waals surface area contributed by atoms with E-state index < -0.39 is 0 Å². The second-order valence-corrected chi connectivity index (χ2v) is 4.29. The van der Waals surface area contributed by atoms with Crippen LogP contribution >= 0.6 is 27.5 Å². The first kappa shape index (κ1) is 10.6. The quantitative estimate of drug-likeness (QED) is 0.791. The van der Waals surface area contributed by atoms with Crippen LogP contribution in [0.5, 0.6) is 0 Å². The van der Waals surface area contributed by atoms with E-state index in [2.05, 4.69) is 22.0 Å². The molecule has 0 heterocycles. The van der Waals surface area contributed by atoms with Crippen LogP contribution in [0.3, 0.4) is 0 Å². The van der Waals surface area contributed by atoms with Crippen LogP contribution in [0, 0.1) is 17.2 Å². The average Bonchev–Trinajstić information content (AvgIpc) is 2.09. The summed E-state index contributed by atoms with van der Waals surface area (Å²) in [6.45, 7) is 1.89. The maximum absolute atomic E-state index is 8.64. The molecule has 1 aromatic rings. The monoisotopic (exact) mass is 257 g/mol. The zero-order chi connectivity index (χ0) is 9.84. The largest absolute Gasteiger partial charge is 0.198 e. The Bertz CT molecular complexity index is 343. The van der Waals surface area contributed by atoms with Gasteiger partial charge in [0.25, 0.3) is 0 Å². The maximum atomic E-state index is 8.64. The lowest BCUT2D eigenvalue weighted by Gasteiger charge is -2.05.